The molecule has 0 radical (unpaired) electrons. The third-order valence-corrected chi connectivity index (χ3v) is 3.04. The summed E-state index contributed by atoms with van der Waals surface area (Å²) in [5, 5.41) is 4.03. The van der Waals surface area contributed by atoms with Crippen LogP contribution in [0.3, 0.4) is 0 Å². The van der Waals surface area contributed by atoms with Gasteiger partial charge in [-0.1, -0.05) is 29.8 Å². The largest absolute Gasteiger partial charge is 0.495 e. The molecule has 2 aromatic rings. The maximum atomic E-state index is 6.08. The Morgan fingerprint density at radius 2 is 2.00 bits per heavy atom. The van der Waals surface area contributed by atoms with E-state index in [1.54, 1.807) is 7.11 Å². The minimum Gasteiger partial charge on any atom is -0.495 e. The average molecular weight is 263 g/mol. The second-order valence-corrected chi connectivity index (χ2v) is 4.31. The number of anilines is 2. The number of benzene rings is 2. The Hall–Kier alpha value is -1.87. The number of ether oxygens (including phenoxy) is 1. The summed E-state index contributed by atoms with van der Waals surface area (Å²) in [6.45, 7) is 0.658. The van der Waals surface area contributed by atoms with Crippen molar-refractivity contribution in [1.29, 1.82) is 0 Å². The van der Waals surface area contributed by atoms with E-state index in [9.17, 15) is 0 Å². The SMILES string of the molecule is COc1ccc(NCc2ccccc2Cl)cc1N. The van der Waals surface area contributed by atoms with Crippen molar-refractivity contribution in [2.45, 2.75) is 6.54 Å². The molecule has 3 N–H and O–H groups in total. The third-order valence-electron chi connectivity index (χ3n) is 2.67. The molecule has 0 saturated heterocycles. The molecule has 2 rings (SSSR count). The van der Waals surface area contributed by atoms with Crippen molar-refractivity contribution in [2.75, 3.05) is 18.2 Å². The molecule has 0 amide bonds. The highest BCUT2D eigenvalue weighted by atomic mass is 35.5. The molecule has 18 heavy (non-hydrogen) atoms. The molecule has 0 aliphatic heterocycles. The molecule has 0 aliphatic carbocycles. The van der Waals surface area contributed by atoms with Gasteiger partial charge in [-0.15, -0.1) is 0 Å². The van der Waals surface area contributed by atoms with E-state index in [4.69, 9.17) is 22.1 Å². The average Bonchev–Trinajstić information content (AvgIpc) is 2.38. The summed E-state index contributed by atoms with van der Waals surface area (Å²) in [7, 11) is 1.60. The molecular weight excluding hydrogens is 248 g/mol. The van der Waals surface area contributed by atoms with Crippen molar-refractivity contribution in [1.82, 2.24) is 0 Å². The normalized spacial score (nSPS) is 10.1. The number of hydrogen-bond acceptors (Lipinski definition) is 3. The van der Waals surface area contributed by atoms with Crippen molar-refractivity contribution in [2.24, 2.45) is 0 Å². The highest BCUT2D eigenvalue weighted by molar-refractivity contribution is 6.31. The lowest BCUT2D eigenvalue weighted by Gasteiger charge is -2.10. The summed E-state index contributed by atoms with van der Waals surface area (Å²) in [4.78, 5) is 0. The van der Waals surface area contributed by atoms with E-state index in [2.05, 4.69) is 5.32 Å². The minimum absolute atomic E-state index is 0.613. The summed E-state index contributed by atoms with van der Waals surface area (Å²) >= 11 is 6.08. The number of nitrogens with two attached hydrogens (primary N) is 1. The Bertz CT molecular complexity index is 543. The highest BCUT2D eigenvalue weighted by Gasteiger charge is 2.02. The lowest BCUT2D eigenvalue weighted by molar-refractivity contribution is 0.417. The maximum absolute atomic E-state index is 6.08. The summed E-state index contributed by atoms with van der Waals surface area (Å²) in [6, 6.07) is 13.3. The summed E-state index contributed by atoms with van der Waals surface area (Å²) in [5.41, 5.74) is 8.44. The molecule has 0 heterocycles. The fraction of sp³-hybridized carbons (Fsp3) is 0.143. The molecule has 94 valence electrons. The van der Waals surface area contributed by atoms with Crippen LogP contribution in [0.5, 0.6) is 5.75 Å². The second-order valence-electron chi connectivity index (χ2n) is 3.90. The van der Waals surface area contributed by atoms with E-state index in [0.29, 0.717) is 18.0 Å². The van der Waals surface area contributed by atoms with Crippen LogP contribution in [0.15, 0.2) is 42.5 Å². The van der Waals surface area contributed by atoms with Gasteiger partial charge in [-0.05, 0) is 29.8 Å². The fourth-order valence-electron chi connectivity index (χ4n) is 1.68. The number of rotatable bonds is 4. The molecule has 2 aromatic carbocycles. The Morgan fingerprint density at radius 3 is 2.67 bits per heavy atom. The molecule has 0 bridgehead atoms. The summed E-state index contributed by atoms with van der Waals surface area (Å²) < 4.78 is 5.11. The van der Waals surface area contributed by atoms with Crippen LogP contribution in [0.4, 0.5) is 11.4 Å². The van der Waals surface area contributed by atoms with Gasteiger partial charge < -0.3 is 15.8 Å². The highest BCUT2D eigenvalue weighted by Crippen LogP contribution is 2.25. The van der Waals surface area contributed by atoms with Gasteiger partial charge in [0.25, 0.3) is 0 Å². The molecule has 0 spiro atoms. The van der Waals surface area contributed by atoms with Crippen molar-refractivity contribution in [3.05, 3.63) is 53.1 Å². The van der Waals surface area contributed by atoms with Crippen LogP contribution in [-0.4, -0.2) is 7.11 Å². The Morgan fingerprint density at radius 1 is 1.22 bits per heavy atom. The fourth-order valence-corrected chi connectivity index (χ4v) is 1.89. The Labute approximate surface area is 112 Å². The van der Waals surface area contributed by atoms with Gasteiger partial charge in [0.15, 0.2) is 0 Å². The first kappa shape index (κ1) is 12.6. The number of methoxy groups -OCH3 is 1. The molecule has 0 unspecified atom stereocenters. The van der Waals surface area contributed by atoms with Crippen LogP contribution in [0.1, 0.15) is 5.56 Å². The van der Waals surface area contributed by atoms with Gasteiger partial charge in [0, 0.05) is 17.3 Å². The first-order chi connectivity index (χ1) is 8.70. The number of halogens is 1. The third kappa shape index (κ3) is 2.87. The van der Waals surface area contributed by atoms with Gasteiger partial charge in [0.05, 0.1) is 12.8 Å². The van der Waals surface area contributed by atoms with Crippen molar-refractivity contribution in [3.63, 3.8) is 0 Å². The number of hydrogen-bond donors (Lipinski definition) is 2. The van der Waals surface area contributed by atoms with E-state index >= 15 is 0 Å². The molecule has 0 aromatic heterocycles. The molecular formula is C14H15ClN2O. The lowest BCUT2D eigenvalue weighted by Crippen LogP contribution is -2.01. The van der Waals surface area contributed by atoms with E-state index in [-0.39, 0.29) is 0 Å². The van der Waals surface area contributed by atoms with Crippen LogP contribution in [0, 0.1) is 0 Å². The lowest BCUT2D eigenvalue weighted by atomic mass is 10.2. The van der Waals surface area contributed by atoms with Crippen molar-refractivity contribution >= 4 is 23.0 Å². The van der Waals surface area contributed by atoms with Gasteiger partial charge in [0.2, 0.25) is 0 Å². The minimum atomic E-state index is 0.613. The van der Waals surface area contributed by atoms with E-state index in [1.165, 1.54) is 0 Å². The quantitative estimate of drug-likeness (QED) is 0.829. The van der Waals surface area contributed by atoms with Crippen LogP contribution < -0.4 is 15.8 Å². The number of nitrogen functional groups attached to an aromatic ring is 1. The Kier molecular flexibility index (Phi) is 3.95. The van der Waals surface area contributed by atoms with Crippen LogP contribution >= 0.6 is 11.6 Å². The van der Waals surface area contributed by atoms with E-state index in [1.807, 2.05) is 42.5 Å². The van der Waals surface area contributed by atoms with Crippen molar-refractivity contribution in [3.8, 4) is 5.75 Å². The van der Waals surface area contributed by atoms with Gasteiger partial charge in [-0.3, -0.25) is 0 Å². The van der Waals surface area contributed by atoms with E-state index < -0.39 is 0 Å². The van der Waals surface area contributed by atoms with Gasteiger partial charge in [0.1, 0.15) is 5.75 Å². The predicted molar refractivity (Wildman–Crippen MR) is 76.2 cm³/mol. The van der Waals surface area contributed by atoms with Gasteiger partial charge in [-0.25, -0.2) is 0 Å². The smallest absolute Gasteiger partial charge is 0.141 e. The number of nitrogens with one attached hydrogen (secondary N) is 1. The zero-order chi connectivity index (χ0) is 13.0. The van der Waals surface area contributed by atoms with Crippen molar-refractivity contribution < 1.29 is 4.74 Å². The molecule has 0 aliphatic rings. The molecule has 3 nitrogen and oxygen atoms in total. The van der Waals surface area contributed by atoms with Crippen LogP contribution in [-0.2, 0) is 6.54 Å². The molecule has 0 saturated carbocycles. The standard InChI is InChI=1S/C14H15ClN2O/c1-18-14-7-6-11(8-13(14)16)17-9-10-4-2-3-5-12(10)15/h2-8,17H,9,16H2,1H3. The van der Waals surface area contributed by atoms with E-state index in [0.717, 1.165) is 16.3 Å². The zero-order valence-electron chi connectivity index (χ0n) is 10.1. The summed E-state index contributed by atoms with van der Waals surface area (Å²) in [5.74, 6) is 0.679. The summed E-state index contributed by atoms with van der Waals surface area (Å²) in [6.07, 6.45) is 0. The van der Waals surface area contributed by atoms with Crippen LogP contribution in [0.25, 0.3) is 0 Å². The first-order valence-corrected chi connectivity index (χ1v) is 5.99. The molecule has 4 heteroatoms. The monoisotopic (exact) mass is 262 g/mol. The maximum Gasteiger partial charge on any atom is 0.141 e. The predicted octanol–water partition coefficient (Wildman–Crippen LogP) is 3.54. The molecule has 0 atom stereocenters. The Balaban J connectivity index is 2.07. The van der Waals surface area contributed by atoms with Crippen LogP contribution in [0.2, 0.25) is 5.02 Å². The second kappa shape index (κ2) is 5.65. The zero-order valence-corrected chi connectivity index (χ0v) is 10.9. The van der Waals surface area contributed by atoms with Gasteiger partial charge in [-0.2, -0.15) is 0 Å². The first-order valence-electron chi connectivity index (χ1n) is 5.61. The molecule has 0 fully saturated rings. The topological polar surface area (TPSA) is 47.3 Å². The van der Waals surface area contributed by atoms with Gasteiger partial charge >= 0.3 is 0 Å².